The van der Waals surface area contributed by atoms with Crippen LogP contribution in [0.4, 0.5) is 0 Å². The van der Waals surface area contributed by atoms with Crippen molar-refractivity contribution in [3.05, 3.63) is 53.1 Å². The van der Waals surface area contributed by atoms with Gasteiger partial charge in [0.1, 0.15) is 0 Å². The van der Waals surface area contributed by atoms with E-state index in [4.69, 9.17) is 0 Å². The molecule has 0 heterocycles. The van der Waals surface area contributed by atoms with Gasteiger partial charge in [-0.2, -0.15) is 0 Å². The molecular formula is C24H34Sn. The Morgan fingerprint density at radius 3 is 1.88 bits per heavy atom. The van der Waals surface area contributed by atoms with Crippen LogP contribution in [0.5, 0.6) is 0 Å². The number of rotatable bonds is 10. The van der Waals surface area contributed by atoms with Gasteiger partial charge >= 0.3 is 169 Å². The molecule has 0 saturated heterocycles. The van der Waals surface area contributed by atoms with Crippen molar-refractivity contribution in [2.75, 3.05) is 0 Å². The van der Waals surface area contributed by atoms with Crippen LogP contribution in [-0.4, -0.2) is 22.5 Å². The van der Waals surface area contributed by atoms with E-state index in [2.05, 4.69) is 57.2 Å². The molecule has 2 radical (unpaired) electrons. The molecule has 0 aliphatic heterocycles. The fraction of sp³-hybridized carbons (Fsp3) is 0.500. The average molecular weight is 441 g/mol. The zero-order valence-corrected chi connectivity index (χ0v) is 19.7. The van der Waals surface area contributed by atoms with E-state index in [1.165, 1.54) is 91.4 Å². The minimum absolute atomic E-state index is 1.24. The van der Waals surface area contributed by atoms with Crippen molar-refractivity contribution < 1.29 is 0 Å². The summed E-state index contributed by atoms with van der Waals surface area (Å²) in [5, 5.41) is 0. The Balaban J connectivity index is 2.59. The molecule has 1 heteroatoms. The van der Waals surface area contributed by atoms with Gasteiger partial charge in [0.2, 0.25) is 0 Å². The topological polar surface area (TPSA) is 0 Å². The van der Waals surface area contributed by atoms with Crippen LogP contribution < -0.4 is 3.58 Å². The van der Waals surface area contributed by atoms with Gasteiger partial charge in [-0.15, -0.1) is 0 Å². The molecule has 0 bridgehead atoms. The van der Waals surface area contributed by atoms with Gasteiger partial charge in [0.15, 0.2) is 0 Å². The van der Waals surface area contributed by atoms with Crippen LogP contribution in [0.25, 0.3) is 11.1 Å². The Kier molecular flexibility index (Phi) is 9.09. The Morgan fingerprint density at radius 1 is 0.720 bits per heavy atom. The van der Waals surface area contributed by atoms with Crippen molar-refractivity contribution in [1.29, 1.82) is 0 Å². The molecule has 2 aromatic rings. The molecule has 0 spiro atoms. The second-order valence-electron chi connectivity index (χ2n) is 7.13. The number of hydrogen-bond donors (Lipinski definition) is 0. The third-order valence-electron chi connectivity index (χ3n) is 5.12. The molecule has 0 saturated carbocycles. The first-order chi connectivity index (χ1) is 12.2. The van der Waals surface area contributed by atoms with Gasteiger partial charge in [0.25, 0.3) is 0 Å². The van der Waals surface area contributed by atoms with Crippen LogP contribution in [0.3, 0.4) is 0 Å². The van der Waals surface area contributed by atoms with E-state index in [0.29, 0.717) is 0 Å². The average Bonchev–Trinajstić information content (AvgIpc) is 2.65. The maximum absolute atomic E-state index is 2.55. The Morgan fingerprint density at radius 2 is 1.28 bits per heavy atom. The fourth-order valence-corrected chi connectivity index (χ4v) is 5.14. The van der Waals surface area contributed by atoms with Gasteiger partial charge in [0.05, 0.1) is 0 Å². The first kappa shape index (κ1) is 20.5. The molecule has 25 heavy (non-hydrogen) atoms. The number of hydrogen-bond acceptors (Lipinski definition) is 0. The molecule has 0 fully saturated rings. The van der Waals surface area contributed by atoms with Crippen molar-refractivity contribution in [3.63, 3.8) is 0 Å². The SMILES string of the molecule is CCCCc1cc(-c2ccccc2)c(CCCC)c(CCCC)[c]1[SnH]. The van der Waals surface area contributed by atoms with E-state index in [9.17, 15) is 0 Å². The second kappa shape index (κ2) is 11.1. The summed E-state index contributed by atoms with van der Waals surface area (Å²) < 4.78 is 1.71. The van der Waals surface area contributed by atoms with Crippen molar-refractivity contribution in [3.8, 4) is 11.1 Å². The van der Waals surface area contributed by atoms with Crippen LogP contribution in [0, 0.1) is 0 Å². The van der Waals surface area contributed by atoms with Crippen molar-refractivity contribution in [1.82, 2.24) is 0 Å². The van der Waals surface area contributed by atoms with E-state index >= 15 is 0 Å². The molecule has 0 aliphatic carbocycles. The second-order valence-corrected chi connectivity index (χ2v) is 8.78. The van der Waals surface area contributed by atoms with E-state index in [-0.39, 0.29) is 0 Å². The molecule has 134 valence electrons. The Labute approximate surface area is 168 Å². The molecule has 0 unspecified atom stereocenters. The fourth-order valence-electron chi connectivity index (χ4n) is 3.59. The third-order valence-corrected chi connectivity index (χ3v) is 7.18. The first-order valence-electron chi connectivity index (χ1n) is 10.2. The number of benzene rings is 2. The predicted molar refractivity (Wildman–Crippen MR) is 114 cm³/mol. The molecule has 0 aromatic heterocycles. The van der Waals surface area contributed by atoms with Crippen LogP contribution in [0.1, 0.15) is 76.0 Å². The standard InChI is InChI=1S/C24H33.Sn.H/c1-4-7-13-20-18-22(14-8-5-2)23(17-9-6-3)24(19-20)21-15-11-10-12-16-21;;/h10-12,15-16,19H,4-9,13-14,17H2,1-3H3;;. The maximum atomic E-state index is 2.55. The number of unbranched alkanes of at least 4 members (excludes halogenated alkanes) is 3. The van der Waals surface area contributed by atoms with Gasteiger partial charge < -0.3 is 0 Å². The quantitative estimate of drug-likeness (QED) is 0.403. The van der Waals surface area contributed by atoms with Crippen molar-refractivity contribution >= 4 is 26.1 Å². The van der Waals surface area contributed by atoms with Crippen molar-refractivity contribution in [2.45, 2.75) is 78.6 Å². The van der Waals surface area contributed by atoms with E-state index in [0.717, 1.165) is 0 Å². The Bertz CT molecular complexity index is 643. The summed E-state index contributed by atoms with van der Waals surface area (Å²) in [6, 6.07) is 13.6. The van der Waals surface area contributed by atoms with E-state index in [1.807, 2.05) is 0 Å². The molecule has 2 rings (SSSR count). The van der Waals surface area contributed by atoms with Gasteiger partial charge in [0, 0.05) is 0 Å². The van der Waals surface area contributed by atoms with E-state index < -0.39 is 0 Å². The van der Waals surface area contributed by atoms with E-state index in [1.54, 1.807) is 20.3 Å². The molecule has 2 aromatic carbocycles. The molecular weight excluding hydrogens is 407 g/mol. The summed E-state index contributed by atoms with van der Waals surface area (Å²) in [5.41, 5.74) is 7.93. The summed E-state index contributed by atoms with van der Waals surface area (Å²) in [6.45, 7) is 6.93. The molecule has 0 N–H and O–H groups in total. The summed E-state index contributed by atoms with van der Waals surface area (Å²) in [4.78, 5) is 0. The Hall–Kier alpha value is -0.761. The van der Waals surface area contributed by atoms with Gasteiger partial charge in [-0.3, -0.25) is 0 Å². The first-order valence-corrected chi connectivity index (χ1v) is 11.9. The molecule has 0 amide bonds. The van der Waals surface area contributed by atoms with Gasteiger partial charge in [-0.25, -0.2) is 0 Å². The summed E-state index contributed by atoms with van der Waals surface area (Å²) >= 11 is 1.25. The molecule has 0 nitrogen and oxygen atoms in total. The van der Waals surface area contributed by atoms with Gasteiger partial charge in [-0.05, 0) is 0 Å². The van der Waals surface area contributed by atoms with Gasteiger partial charge in [-0.1, -0.05) is 0 Å². The minimum atomic E-state index is 1.24. The zero-order valence-electron chi connectivity index (χ0n) is 16.4. The van der Waals surface area contributed by atoms with Crippen LogP contribution in [0.15, 0.2) is 36.4 Å². The monoisotopic (exact) mass is 442 g/mol. The van der Waals surface area contributed by atoms with Crippen LogP contribution in [0.2, 0.25) is 0 Å². The third kappa shape index (κ3) is 5.61. The van der Waals surface area contributed by atoms with Crippen molar-refractivity contribution in [2.24, 2.45) is 0 Å². The van der Waals surface area contributed by atoms with Crippen LogP contribution >= 0.6 is 0 Å². The molecule has 0 aliphatic rings. The van der Waals surface area contributed by atoms with Crippen LogP contribution in [-0.2, 0) is 19.3 Å². The zero-order chi connectivity index (χ0) is 18.1. The normalized spacial score (nSPS) is 11.0. The molecule has 0 atom stereocenters. The summed E-state index contributed by atoms with van der Waals surface area (Å²) in [7, 11) is 0. The summed E-state index contributed by atoms with van der Waals surface area (Å²) in [6.07, 6.45) is 11.5. The predicted octanol–water partition coefficient (Wildman–Crippen LogP) is 5.91. The number of aryl methyl sites for hydroxylation is 1. The summed E-state index contributed by atoms with van der Waals surface area (Å²) in [5.74, 6) is 0.